The summed E-state index contributed by atoms with van der Waals surface area (Å²) >= 11 is 0. The van der Waals surface area contributed by atoms with Crippen LogP contribution >= 0.6 is 0 Å². The first-order valence-electron chi connectivity index (χ1n) is 10.1. The Labute approximate surface area is 162 Å². The van der Waals surface area contributed by atoms with E-state index in [9.17, 15) is 4.39 Å². The number of alkyl halides is 1. The van der Waals surface area contributed by atoms with E-state index in [1.807, 2.05) is 30.3 Å². The van der Waals surface area contributed by atoms with E-state index >= 15 is 0 Å². The van der Waals surface area contributed by atoms with Gasteiger partial charge in [0.1, 0.15) is 0 Å². The van der Waals surface area contributed by atoms with Crippen LogP contribution in [0.5, 0.6) is 0 Å². The molecule has 0 aromatic heterocycles. The summed E-state index contributed by atoms with van der Waals surface area (Å²) in [6.45, 7) is -0.240. The van der Waals surface area contributed by atoms with Crippen LogP contribution in [-0.4, -0.2) is 6.67 Å². The van der Waals surface area contributed by atoms with E-state index in [4.69, 9.17) is 5.26 Å². The van der Waals surface area contributed by atoms with Crippen molar-refractivity contribution in [3.05, 3.63) is 71.8 Å². The average molecular weight is 362 g/mol. The Morgan fingerprint density at radius 1 is 0.926 bits per heavy atom. The van der Waals surface area contributed by atoms with Gasteiger partial charge in [0.15, 0.2) is 0 Å². The standard InChI is InChI=1S/C25H28FN/c26-18-2-1-3-20-4-6-21(7-5-20)8-9-22-10-14-24(15-11-22)25-16-12-23(19-27)13-17-25/h1,3,10-17,20-21H,2,4-9,18H2/b3-1+. The van der Waals surface area contributed by atoms with Gasteiger partial charge in [-0.2, -0.15) is 5.26 Å². The molecule has 0 spiro atoms. The van der Waals surface area contributed by atoms with Crippen LogP contribution in [0.25, 0.3) is 11.1 Å². The zero-order chi connectivity index (χ0) is 18.9. The SMILES string of the molecule is N#Cc1ccc(-c2ccc(CCC3CCC(/C=C/CCF)CC3)cc2)cc1. The van der Waals surface area contributed by atoms with E-state index in [0.717, 1.165) is 17.9 Å². The summed E-state index contributed by atoms with van der Waals surface area (Å²) in [5.41, 5.74) is 4.45. The van der Waals surface area contributed by atoms with Gasteiger partial charge in [0.05, 0.1) is 18.3 Å². The Kier molecular flexibility index (Phi) is 7.22. The Hall–Kier alpha value is -2.40. The minimum absolute atomic E-state index is 0.240. The molecule has 1 aliphatic rings. The molecule has 3 rings (SSSR count). The van der Waals surface area contributed by atoms with E-state index in [1.54, 1.807) is 0 Å². The molecule has 0 atom stereocenters. The molecule has 1 fully saturated rings. The maximum atomic E-state index is 12.2. The van der Waals surface area contributed by atoms with Gasteiger partial charge >= 0.3 is 0 Å². The second-order valence-electron chi connectivity index (χ2n) is 7.61. The van der Waals surface area contributed by atoms with Crippen LogP contribution in [-0.2, 0) is 6.42 Å². The number of hydrogen-bond donors (Lipinski definition) is 0. The van der Waals surface area contributed by atoms with Gasteiger partial charge in [-0.3, -0.25) is 4.39 Å². The quantitative estimate of drug-likeness (QED) is 0.493. The molecule has 27 heavy (non-hydrogen) atoms. The summed E-state index contributed by atoms with van der Waals surface area (Å²) < 4.78 is 12.2. The fraction of sp³-hybridized carbons (Fsp3) is 0.400. The van der Waals surface area contributed by atoms with E-state index in [2.05, 4.69) is 36.4 Å². The van der Waals surface area contributed by atoms with Gasteiger partial charge in [0, 0.05) is 0 Å². The smallest absolute Gasteiger partial charge is 0.0991 e. The first-order valence-corrected chi connectivity index (χ1v) is 10.1. The number of benzene rings is 2. The van der Waals surface area contributed by atoms with Crippen molar-refractivity contribution in [1.82, 2.24) is 0 Å². The lowest BCUT2D eigenvalue weighted by Gasteiger charge is -2.26. The fourth-order valence-corrected chi connectivity index (χ4v) is 3.99. The van der Waals surface area contributed by atoms with Crippen molar-refractivity contribution in [3.8, 4) is 17.2 Å². The number of nitriles is 1. The van der Waals surface area contributed by atoms with Gasteiger partial charge < -0.3 is 0 Å². The highest BCUT2D eigenvalue weighted by Gasteiger charge is 2.19. The molecule has 0 heterocycles. The molecule has 2 aromatic rings. The number of aryl methyl sites for hydroxylation is 1. The summed E-state index contributed by atoms with van der Waals surface area (Å²) in [6, 6.07) is 18.7. The molecular weight excluding hydrogens is 333 g/mol. The van der Waals surface area contributed by atoms with Crippen molar-refractivity contribution >= 4 is 0 Å². The maximum absolute atomic E-state index is 12.2. The highest BCUT2D eigenvalue weighted by atomic mass is 19.1. The first kappa shape index (κ1) is 19.4. The van der Waals surface area contributed by atoms with Crippen molar-refractivity contribution in [1.29, 1.82) is 5.26 Å². The molecule has 1 nitrogen and oxygen atoms in total. The Morgan fingerprint density at radius 3 is 2.15 bits per heavy atom. The first-order chi connectivity index (χ1) is 13.3. The molecule has 1 aliphatic carbocycles. The second-order valence-corrected chi connectivity index (χ2v) is 7.61. The van der Waals surface area contributed by atoms with Crippen LogP contribution in [0, 0.1) is 23.2 Å². The summed E-state index contributed by atoms with van der Waals surface area (Å²) in [6.07, 6.45) is 12.3. The second kappa shape index (κ2) is 10.1. The van der Waals surface area contributed by atoms with E-state index < -0.39 is 0 Å². The van der Waals surface area contributed by atoms with Crippen LogP contribution in [0.3, 0.4) is 0 Å². The van der Waals surface area contributed by atoms with Gasteiger partial charge in [-0.25, -0.2) is 0 Å². The summed E-state index contributed by atoms with van der Waals surface area (Å²) in [5.74, 6) is 1.49. The summed E-state index contributed by atoms with van der Waals surface area (Å²) in [4.78, 5) is 0. The Morgan fingerprint density at radius 2 is 1.56 bits per heavy atom. The van der Waals surface area contributed by atoms with Crippen LogP contribution in [0.1, 0.15) is 49.7 Å². The number of nitrogens with zero attached hydrogens (tertiary/aromatic N) is 1. The third kappa shape index (κ3) is 5.79. The van der Waals surface area contributed by atoms with Crippen LogP contribution < -0.4 is 0 Å². The van der Waals surface area contributed by atoms with Crippen molar-refractivity contribution in [2.75, 3.05) is 6.67 Å². The Balaban J connectivity index is 1.46. The zero-order valence-electron chi connectivity index (χ0n) is 15.9. The summed E-state index contributed by atoms with van der Waals surface area (Å²) in [5, 5.41) is 8.90. The molecule has 0 bridgehead atoms. The fourth-order valence-electron chi connectivity index (χ4n) is 3.99. The maximum Gasteiger partial charge on any atom is 0.0991 e. The number of allylic oxidation sites excluding steroid dienone is 2. The van der Waals surface area contributed by atoms with E-state index in [-0.39, 0.29) is 6.67 Å². The van der Waals surface area contributed by atoms with Crippen molar-refractivity contribution in [3.63, 3.8) is 0 Å². The molecule has 0 amide bonds. The predicted octanol–water partition coefficient (Wildman–Crippen LogP) is 6.88. The zero-order valence-corrected chi connectivity index (χ0v) is 15.9. The monoisotopic (exact) mass is 361 g/mol. The lowest BCUT2D eigenvalue weighted by Crippen LogP contribution is -2.13. The van der Waals surface area contributed by atoms with E-state index in [1.165, 1.54) is 43.2 Å². The molecular formula is C25H28FN. The van der Waals surface area contributed by atoms with Gasteiger partial charge in [-0.05, 0) is 85.6 Å². The van der Waals surface area contributed by atoms with Gasteiger partial charge in [-0.15, -0.1) is 0 Å². The molecule has 0 N–H and O–H groups in total. The molecule has 2 heteroatoms. The number of rotatable bonds is 7. The Bertz CT molecular complexity index is 759. The third-order valence-corrected chi connectivity index (χ3v) is 5.72. The molecule has 0 saturated heterocycles. The minimum atomic E-state index is -0.240. The van der Waals surface area contributed by atoms with Gasteiger partial charge in [0.2, 0.25) is 0 Å². The third-order valence-electron chi connectivity index (χ3n) is 5.72. The molecule has 0 aliphatic heterocycles. The van der Waals surface area contributed by atoms with Crippen LogP contribution in [0.4, 0.5) is 4.39 Å². The molecule has 2 aromatic carbocycles. The molecule has 140 valence electrons. The van der Waals surface area contributed by atoms with Gasteiger partial charge in [-0.1, -0.05) is 48.6 Å². The van der Waals surface area contributed by atoms with E-state index in [0.29, 0.717) is 17.9 Å². The van der Waals surface area contributed by atoms with Crippen molar-refractivity contribution in [2.45, 2.75) is 44.9 Å². The van der Waals surface area contributed by atoms with Crippen LogP contribution in [0.2, 0.25) is 0 Å². The highest BCUT2D eigenvalue weighted by Crippen LogP contribution is 2.32. The molecule has 0 radical (unpaired) electrons. The molecule has 0 unspecified atom stereocenters. The van der Waals surface area contributed by atoms with Gasteiger partial charge in [0.25, 0.3) is 0 Å². The highest BCUT2D eigenvalue weighted by molar-refractivity contribution is 5.64. The minimum Gasteiger partial charge on any atom is -0.251 e. The normalized spacial score (nSPS) is 19.9. The lowest BCUT2D eigenvalue weighted by atomic mass is 9.79. The largest absolute Gasteiger partial charge is 0.251 e. The summed E-state index contributed by atoms with van der Waals surface area (Å²) in [7, 11) is 0. The molecule has 1 saturated carbocycles. The van der Waals surface area contributed by atoms with Crippen molar-refractivity contribution in [2.24, 2.45) is 11.8 Å². The topological polar surface area (TPSA) is 23.8 Å². The number of hydrogen-bond acceptors (Lipinski definition) is 1. The van der Waals surface area contributed by atoms with Crippen LogP contribution in [0.15, 0.2) is 60.7 Å². The predicted molar refractivity (Wildman–Crippen MR) is 110 cm³/mol. The average Bonchev–Trinajstić information content (AvgIpc) is 2.74. The lowest BCUT2D eigenvalue weighted by molar-refractivity contribution is 0.296. The number of halogens is 1. The van der Waals surface area contributed by atoms with Crippen molar-refractivity contribution < 1.29 is 4.39 Å².